The monoisotopic (exact) mass is 279 g/mol. The molecule has 1 atom stereocenters. The Morgan fingerprint density at radius 1 is 1.45 bits per heavy atom. The molecule has 7 heteroatoms. The van der Waals surface area contributed by atoms with Crippen molar-refractivity contribution in [2.24, 2.45) is 0 Å². The van der Waals surface area contributed by atoms with Gasteiger partial charge >= 0.3 is 0 Å². The van der Waals surface area contributed by atoms with Gasteiger partial charge in [0.1, 0.15) is 18.2 Å². The van der Waals surface area contributed by atoms with Crippen molar-refractivity contribution in [1.82, 2.24) is 15.3 Å². The summed E-state index contributed by atoms with van der Waals surface area (Å²) >= 11 is 0. The molecule has 1 saturated heterocycles. The number of nitrogens with one attached hydrogen (secondary N) is 3. The summed E-state index contributed by atoms with van der Waals surface area (Å²) in [5, 5.41) is 9.19. The molecule has 1 aliphatic heterocycles. The van der Waals surface area contributed by atoms with E-state index in [1.54, 1.807) is 0 Å². The summed E-state index contributed by atoms with van der Waals surface area (Å²) in [6.45, 7) is 3.58. The lowest BCUT2D eigenvalue weighted by atomic mass is 10.1. The van der Waals surface area contributed by atoms with Crippen LogP contribution in [0.2, 0.25) is 0 Å². The predicted molar refractivity (Wildman–Crippen MR) is 76.6 cm³/mol. The van der Waals surface area contributed by atoms with Gasteiger partial charge in [0.2, 0.25) is 5.91 Å². The molecule has 110 valence electrons. The largest absolute Gasteiger partial charge is 0.374 e. The number of anilines is 2. The lowest BCUT2D eigenvalue weighted by Gasteiger charge is -2.24. The first kappa shape index (κ1) is 14.5. The molecule has 1 aromatic heterocycles. The van der Waals surface area contributed by atoms with Crippen LogP contribution in [0.3, 0.4) is 0 Å². The van der Waals surface area contributed by atoms with E-state index < -0.39 is 0 Å². The first-order chi connectivity index (χ1) is 9.71. The zero-order valence-electron chi connectivity index (χ0n) is 11.9. The molecule has 0 aliphatic carbocycles. The number of nitrogens with zero attached hydrogens (tertiary/aromatic N) is 2. The van der Waals surface area contributed by atoms with Crippen LogP contribution >= 0.6 is 0 Å². The van der Waals surface area contributed by atoms with Gasteiger partial charge in [0, 0.05) is 38.7 Å². The van der Waals surface area contributed by atoms with Crippen molar-refractivity contribution in [2.45, 2.75) is 32.4 Å². The maximum Gasteiger partial charge on any atom is 0.220 e. The number of carbonyl (C=O) groups is 1. The van der Waals surface area contributed by atoms with Crippen LogP contribution in [0.1, 0.15) is 25.6 Å². The molecule has 1 aliphatic rings. The lowest BCUT2D eigenvalue weighted by molar-refractivity contribution is -0.122. The summed E-state index contributed by atoms with van der Waals surface area (Å²) in [6, 6.07) is 2.05. The van der Waals surface area contributed by atoms with Crippen LogP contribution in [0.5, 0.6) is 0 Å². The van der Waals surface area contributed by atoms with Gasteiger partial charge in [0.05, 0.1) is 0 Å². The van der Waals surface area contributed by atoms with Crippen LogP contribution in [-0.2, 0) is 16.1 Å². The summed E-state index contributed by atoms with van der Waals surface area (Å²) < 4.78 is 5.34. The Morgan fingerprint density at radius 3 is 2.90 bits per heavy atom. The Labute approximate surface area is 118 Å². The van der Waals surface area contributed by atoms with Gasteiger partial charge in [-0.15, -0.1) is 0 Å². The molecule has 0 saturated carbocycles. The van der Waals surface area contributed by atoms with Crippen molar-refractivity contribution in [2.75, 3.05) is 30.8 Å². The van der Waals surface area contributed by atoms with Crippen molar-refractivity contribution in [3.05, 3.63) is 11.9 Å². The van der Waals surface area contributed by atoms with Crippen LogP contribution in [0.15, 0.2) is 6.07 Å². The van der Waals surface area contributed by atoms with E-state index >= 15 is 0 Å². The van der Waals surface area contributed by atoms with Gasteiger partial charge in [-0.2, -0.15) is 0 Å². The fourth-order valence-corrected chi connectivity index (χ4v) is 2.02. The molecule has 3 N–H and O–H groups in total. The summed E-state index contributed by atoms with van der Waals surface area (Å²) in [5.74, 6) is 2.25. The average Bonchev–Trinajstić information content (AvgIpc) is 2.47. The highest BCUT2D eigenvalue weighted by Gasteiger charge is 2.18. The summed E-state index contributed by atoms with van der Waals surface area (Å²) in [6.07, 6.45) is 1.36. The number of ether oxygens (including phenoxy) is 1. The fraction of sp³-hybridized carbons (Fsp3) is 0.615. The number of carbonyl (C=O) groups excluding carboxylic acids is 1. The molecule has 0 bridgehead atoms. The van der Waals surface area contributed by atoms with E-state index in [1.165, 1.54) is 0 Å². The maximum atomic E-state index is 11.1. The van der Waals surface area contributed by atoms with Gasteiger partial charge in [-0.3, -0.25) is 4.79 Å². The molecule has 20 heavy (non-hydrogen) atoms. The quantitative estimate of drug-likeness (QED) is 0.712. The first-order valence-electron chi connectivity index (χ1n) is 6.88. The summed E-state index contributed by atoms with van der Waals surface area (Å²) in [5.41, 5.74) is 0. The third-order valence-corrected chi connectivity index (χ3v) is 3.08. The molecular formula is C13H21N5O2. The second-order valence-electron chi connectivity index (χ2n) is 4.63. The van der Waals surface area contributed by atoms with Gasteiger partial charge in [0.15, 0.2) is 5.82 Å². The highest BCUT2D eigenvalue weighted by atomic mass is 16.5. The third-order valence-electron chi connectivity index (χ3n) is 3.08. The van der Waals surface area contributed by atoms with E-state index in [1.807, 2.05) is 20.0 Å². The molecule has 0 spiro atoms. The Bertz CT molecular complexity index is 456. The zero-order valence-corrected chi connectivity index (χ0v) is 11.9. The second kappa shape index (κ2) is 7.04. The Hall–Kier alpha value is -1.89. The molecule has 1 unspecified atom stereocenters. The predicted octanol–water partition coefficient (Wildman–Crippen LogP) is 0.745. The lowest BCUT2D eigenvalue weighted by Crippen LogP contribution is -2.42. The van der Waals surface area contributed by atoms with Gasteiger partial charge < -0.3 is 20.7 Å². The summed E-state index contributed by atoms with van der Waals surface area (Å²) in [7, 11) is 1.82. The van der Waals surface area contributed by atoms with E-state index in [-0.39, 0.29) is 11.9 Å². The van der Waals surface area contributed by atoms with Gasteiger partial charge in [0.25, 0.3) is 0 Å². The van der Waals surface area contributed by atoms with Crippen LogP contribution in [0.25, 0.3) is 0 Å². The number of hydrogen-bond donors (Lipinski definition) is 3. The molecule has 7 nitrogen and oxygen atoms in total. The van der Waals surface area contributed by atoms with Gasteiger partial charge in [-0.05, 0) is 13.3 Å². The topological polar surface area (TPSA) is 88.2 Å². The third kappa shape index (κ3) is 4.06. The maximum absolute atomic E-state index is 11.1. The SMILES string of the molecule is CCOCc1nc(NC)cc(NC2CCC(=O)NC2)n1. The van der Waals surface area contributed by atoms with Crippen LogP contribution in [0, 0.1) is 0 Å². The van der Waals surface area contributed by atoms with Gasteiger partial charge in [-0.25, -0.2) is 9.97 Å². The fourth-order valence-electron chi connectivity index (χ4n) is 2.02. The minimum absolute atomic E-state index is 0.110. The van der Waals surface area contributed by atoms with Crippen LogP contribution in [0.4, 0.5) is 11.6 Å². The van der Waals surface area contributed by atoms with Crippen LogP contribution in [-0.4, -0.2) is 42.1 Å². The second-order valence-corrected chi connectivity index (χ2v) is 4.63. The molecule has 1 amide bonds. The number of rotatable bonds is 6. The number of piperidine rings is 1. The van der Waals surface area contributed by atoms with Gasteiger partial charge in [-0.1, -0.05) is 0 Å². The first-order valence-corrected chi connectivity index (χ1v) is 6.88. The molecule has 1 aromatic rings. The van der Waals surface area contributed by atoms with E-state index in [0.717, 1.165) is 18.1 Å². The molecule has 2 rings (SSSR count). The average molecular weight is 279 g/mol. The highest BCUT2D eigenvalue weighted by molar-refractivity contribution is 5.77. The molecule has 2 heterocycles. The molecular weight excluding hydrogens is 258 g/mol. The Balaban J connectivity index is 2.03. The van der Waals surface area contributed by atoms with E-state index in [2.05, 4.69) is 25.9 Å². The Morgan fingerprint density at radius 2 is 2.25 bits per heavy atom. The van der Waals surface area contributed by atoms with Crippen molar-refractivity contribution in [3.63, 3.8) is 0 Å². The van der Waals surface area contributed by atoms with Crippen molar-refractivity contribution in [3.8, 4) is 0 Å². The molecule has 0 aromatic carbocycles. The number of hydrogen-bond acceptors (Lipinski definition) is 6. The minimum atomic E-state index is 0.110. The van der Waals surface area contributed by atoms with Crippen molar-refractivity contribution < 1.29 is 9.53 Å². The van der Waals surface area contributed by atoms with E-state index in [0.29, 0.717) is 32.0 Å². The molecule has 0 radical (unpaired) electrons. The minimum Gasteiger partial charge on any atom is -0.374 e. The highest BCUT2D eigenvalue weighted by Crippen LogP contribution is 2.15. The summed E-state index contributed by atoms with van der Waals surface area (Å²) in [4.78, 5) is 19.9. The standard InChI is InChI=1S/C13H21N5O2/c1-3-20-8-12-17-10(14-2)6-11(18-12)16-9-4-5-13(19)15-7-9/h6,9H,3-5,7-8H2,1-2H3,(H,15,19)(H2,14,16,17,18). The van der Waals surface area contributed by atoms with Crippen molar-refractivity contribution in [1.29, 1.82) is 0 Å². The molecule has 1 fully saturated rings. The normalized spacial score (nSPS) is 18.5. The Kier molecular flexibility index (Phi) is 5.11. The smallest absolute Gasteiger partial charge is 0.220 e. The van der Waals surface area contributed by atoms with Crippen LogP contribution < -0.4 is 16.0 Å². The van der Waals surface area contributed by atoms with E-state index in [4.69, 9.17) is 4.74 Å². The number of amides is 1. The van der Waals surface area contributed by atoms with E-state index in [9.17, 15) is 4.79 Å². The van der Waals surface area contributed by atoms with Crippen molar-refractivity contribution >= 4 is 17.5 Å². The number of aromatic nitrogens is 2. The zero-order chi connectivity index (χ0) is 14.4.